The summed E-state index contributed by atoms with van der Waals surface area (Å²) in [5, 5.41) is 0.832. The SMILES string of the molecule is NOCc1ccccc1SC1CC1. The van der Waals surface area contributed by atoms with Crippen LogP contribution in [0.25, 0.3) is 0 Å². The molecule has 0 unspecified atom stereocenters. The first-order valence-electron chi connectivity index (χ1n) is 4.46. The Labute approximate surface area is 82.4 Å². The summed E-state index contributed by atoms with van der Waals surface area (Å²) in [6, 6.07) is 8.28. The van der Waals surface area contributed by atoms with Crippen LogP contribution in [-0.2, 0) is 11.4 Å². The zero-order chi connectivity index (χ0) is 9.10. The van der Waals surface area contributed by atoms with E-state index in [0.29, 0.717) is 6.61 Å². The van der Waals surface area contributed by atoms with Crippen LogP contribution in [0.5, 0.6) is 0 Å². The van der Waals surface area contributed by atoms with Crippen molar-refractivity contribution in [3.63, 3.8) is 0 Å². The van der Waals surface area contributed by atoms with Crippen molar-refractivity contribution in [2.45, 2.75) is 29.6 Å². The molecular weight excluding hydrogens is 182 g/mol. The number of hydrogen-bond donors (Lipinski definition) is 1. The fourth-order valence-electron chi connectivity index (χ4n) is 1.19. The van der Waals surface area contributed by atoms with Gasteiger partial charge >= 0.3 is 0 Å². The summed E-state index contributed by atoms with van der Waals surface area (Å²) in [4.78, 5) is 5.97. The van der Waals surface area contributed by atoms with Crippen LogP contribution < -0.4 is 5.90 Å². The van der Waals surface area contributed by atoms with Gasteiger partial charge in [0.2, 0.25) is 0 Å². The van der Waals surface area contributed by atoms with Crippen LogP contribution in [-0.4, -0.2) is 5.25 Å². The monoisotopic (exact) mass is 195 g/mol. The van der Waals surface area contributed by atoms with Crippen LogP contribution >= 0.6 is 11.8 Å². The average molecular weight is 195 g/mol. The normalized spacial score (nSPS) is 16.1. The highest BCUT2D eigenvalue weighted by atomic mass is 32.2. The summed E-state index contributed by atoms with van der Waals surface area (Å²) in [5.41, 5.74) is 1.20. The van der Waals surface area contributed by atoms with Gasteiger partial charge < -0.3 is 0 Å². The van der Waals surface area contributed by atoms with E-state index in [9.17, 15) is 0 Å². The van der Waals surface area contributed by atoms with E-state index in [0.717, 1.165) is 5.25 Å². The number of thioether (sulfide) groups is 1. The number of rotatable bonds is 4. The van der Waals surface area contributed by atoms with Crippen molar-refractivity contribution in [2.24, 2.45) is 5.90 Å². The van der Waals surface area contributed by atoms with Gasteiger partial charge in [0.1, 0.15) is 0 Å². The van der Waals surface area contributed by atoms with Gasteiger partial charge in [-0.3, -0.25) is 4.84 Å². The Bertz CT molecular complexity index is 286. The van der Waals surface area contributed by atoms with Crippen molar-refractivity contribution in [3.05, 3.63) is 29.8 Å². The molecule has 0 atom stereocenters. The van der Waals surface area contributed by atoms with Crippen molar-refractivity contribution in [1.82, 2.24) is 0 Å². The molecule has 0 aromatic heterocycles. The average Bonchev–Trinajstić information content (AvgIpc) is 2.93. The molecule has 0 heterocycles. The Morgan fingerprint density at radius 1 is 1.38 bits per heavy atom. The molecule has 2 rings (SSSR count). The maximum Gasteiger partial charge on any atom is 0.0940 e. The predicted octanol–water partition coefficient (Wildman–Crippen LogP) is 2.33. The zero-order valence-corrected chi connectivity index (χ0v) is 8.22. The second-order valence-electron chi connectivity index (χ2n) is 3.24. The van der Waals surface area contributed by atoms with E-state index >= 15 is 0 Å². The third-order valence-corrected chi connectivity index (χ3v) is 3.49. The van der Waals surface area contributed by atoms with Gasteiger partial charge in [-0.25, -0.2) is 5.90 Å². The minimum atomic E-state index is 0.510. The molecule has 70 valence electrons. The van der Waals surface area contributed by atoms with E-state index in [-0.39, 0.29) is 0 Å². The first kappa shape index (κ1) is 9.06. The van der Waals surface area contributed by atoms with Crippen LogP contribution in [0.2, 0.25) is 0 Å². The molecule has 2 N–H and O–H groups in total. The highest BCUT2D eigenvalue weighted by Gasteiger charge is 2.23. The van der Waals surface area contributed by atoms with Crippen LogP contribution in [0.1, 0.15) is 18.4 Å². The van der Waals surface area contributed by atoms with Crippen LogP contribution in [0.4, 0.5) is 0 Å². The van der Waals surface area contributed by atoms with E-state index in [1.54, 1.807) is 0 Å². The second-order valence-corrected chi connectivity index (χ2v) is 4.58. The quantitative estimate of drug-likeness (QED) is 0.749. The van der Waals surface area contributed by atoms with Gasteiger partial charge in [0.05, 0.1) is 6.61 Å². The lowest BCUT2D eigenvalue weighted by molar-refractivity contribution is 0.122. The fourth-order valence-corrected chi connectivity index (χ4v) is 2.36. The maximum absolute atomic E-state index is 5.07. The van der Waals surface area contributed by atoms with Gasteiger partial charge in [0.25, 0.3) is 0 Å². The molecule has 1 saturated carbocycles. The largest absolute Gasteiger partial charge is 0.300 e. The molecule has 0 bridgehead atoms. The first-order chi connectivity index (χ1) is 6.40. The lowest BCUT2D eigenvalue weighted by Gasteiger charge is -2.06. The summed E-state index contributed by atoms with van der Waals surface area (Å²) in [5.74, 6) is 5.07. The van der Waals surface area contributed by atoms with E-state index in [1.165, 1.54) is 23.3 Å². The summed E-state index contributed by atoms with van der Waals surface area (Å²) >= 11 is 1.94. The van der Waals surface area contributed by atoms with Crippen molar-refractivity contribution in [3.8, 4) is 0 Å². The Kier molecular flexibility index (Phi) is 2.88. The predicted molar refractivity (Wildman–Crippen MR) is 54.3 cm³/mol. The molecule has 2 nitrogen and oxygen atoms in total. The Balaban J connectivity index is 2.10. The minimum absolute atomic E-state index is 0.510. The molecule has 1 aliphatic carbocycles. The molecule has 0 aliphatic heterocycles. The maximum atomic E-state index is 5.07. The lowest BCUT2D eigenvalue weighted by atomic mass is 10.2. The molecule has 1 fully saturated rings. The summed E-state index contributed by atoms with van der Waals surface area (Å²) in [6.45, 7) is 0.510. The number of nitrogens with two attached hydrogens (primary N) is 1. The molecule has 0 radical (unpaired) electrons. The molecule has 1 aliphatic rings. The Morgan fingerprint density at radius 3 is 2.85 bits per heavy atom. The highest BCUT2D eigenvalue weighted by molar-refractivity contribution is 8.00. The summed E-state index contributed by atoms with van der Waals surface area (Å²) < 4.78 is 0. The topological polar surface area (TPSA) is 35.2 Å². The van der Waals surface area contributed by atoms with Crippen molar-refractivity contribution < 1.29 is 4.84 Å². The standard InChI is InChI=1S/C10H13NOS/c11-12-7-8-3-1-2-4-10(8)13-9-5-6-9/h1-4,9H,5-7,11H2. The smallest absolute Gasteiger partial charge is 0.0940 e. The molecule has 1 aromatic rings. The second kappa shape index (κ2) is 4.13. The Hall–Kier alpha value is -0.510. The Morgan fingerprint density at radius 2 is 2.15 bits per heavy atom. The number of benzene rings is 1. The van der Waals surface area contributed by atoms with Crippen molar-refractivity contribution >= 4 is 11.8 Å². The summed E-state index contributed by atoms with van der Waals surface area (Å²) in [7, 11) is 0. The lowest BCUT2D eigenvalue weighted by Crippen LogP contribution is -2.00. The molecule has 0 amide bonds. The van der Waals surface area contributed by atoms with Crippen molar-refractivity contribution in [1.29, 1.82) is 0 Å². The summed E-state index contributed by atoms with van der Waals surface area (Å²) in [6.07, 6.45) is 2.70. The van der Waals surface area contributed by atoms with Gasteiger partial charge in [-0.1, -0.05) is 18.2 Å². The number of hydrogen-bond acceptors (Lipinski definition) is 3. The van der Waals surface area contributed by atoms with Gasteiger partial charge in [0.15, 0.2) is 0 Å². The van der Waals surface area contributed by atoms with Gasteiger partial charge in [-0.15, -0.1) is 11.8 Å². The van der Waals surface area contributed by atoms with E-state index < -0.39 is 0 Å². The van der Waals surface area contributed by atoms with E-state index in [4.69, 9.17) is 5.90 Å². The van der Waals surface area contributed by atoms with Gasteiger partial charge in [-0.05, 0) is 24.5 Å². The molecular formula is C10H13NOS. The third-order valence-electron chi connectivity index (χ3n) is 2.03. The van der Waals surface area contributed by atoms with Crippen molar-refractivity contribution in [2.75, 3.05) is 0 Å². The van der Waals surface area contributed by atoms with Crippen LogP contribution in [0, 0.1) is 0 Å². The third kappa shape index (κ3) is 2.46. The van der Waals surface area contributed by atoms with Gasteiger partial charge in [-0.2, -0.15) is 0 Å². The molecule has 13 heavy (non-hydrogen) atoms. The molecule has 0 saturated heterocycles. The molecule has 0 spiro atoms. The van der Waals surface area contributed by atoms with E-state index in [2.05, 4.69) is 23.0 Å². The zero-order valence-electron chi connectivity index (χ0n) is 7.40. The van der Waals surface area contributed by atoms with Gasteiger partial charge in [0, 0.05) is 10.1 Å². The minimum Gasteiger partial charge on any atom is -0.300 e. The molecule has 1 aromatic carbocycles. The van der Waals surface area contributed by atoms with Crippen LogP contribution in [0.15, 0.2) is 29.2 Å². The van der Waals surface area contributed by atoms with E-state index in [1.807, 2.05) is 17.8 Å². The molecule has 3 heteroatoms. The highest BCUT2D eigenvalue weighted by Crippen LogP contribution is 2.40. The fraction of sp³-hybridized carbons (Fsp3) is 0.400. The van der Waals surface area contributed by atoms with Crippen LogP contribution in [0.3, 0.4) is 0 Å². The first-order valence-corrected chi connectivity index (χ1v) is 5.34.